The monoisotopic (exact) mass is 404 g/mol. The van der Waals surface area contributed by atoms with Crippen molar-refractivity contribution >= 4 is 23.4 Å². The van der Waals surface area contributed by atoms with Crippen LogP contribution in [0.3, 0.4) is 0 Å². The zero-order chi connectivity index (χ0) is 20.3. The summed E-state index contributed by atoms with van der Waals surface area (Å²) in [6, 6.07) is 11.3. The summed E-state index contributed by atoms with van der Waals surface area (Å²) in [6.45, 7) is 5.27. The lowest BCUT2D eigenvalue weighted by molar-refractivity contribution is -0.139. The molecule has 28 heavy (non-hydrogen) atoms. The van der Waals surface area contributed by atoms with Crippen LogP contribution in [0.15, 0.2) is 42.5 Å². The van der Waals surface area contributed by atoms with Gasteiger partial charge >= 0.3 is 0 Å². The molecule has 5 nitrogen and oxygen atoms in total. The number of hydrogen-bond donors (Lipinski definition) is 0. The number of benzene rings is 2. The van der Waals surface area contributed by atoms with E-state index >= 15 is 0 Å². The molecule has 0 radical (unpaired) electrons. The van der Waals surface area contributed by atoms with Crippen molar-refractivity contribution in [2.45, 2.75) is 20.0 Å². The largest absolute Gasteiger partial charge is 0.481 e. The van der Waals surface area contributed by atoms with Crippen molar-refractivity contribution in [2.75, 3.05) is 26.2 Å². The van der Waals surface area contributed by atoms with E-state index in [0.717, 1.165) is 11.6 Å². The van der Waals surface area contributed by atoms with Gasteiger partial charge in [0.1, 0.15) is 11.6 Å². The second-order valence-corrected chi connectivity index (χ2v) is 7.23. The summed E-state index contributed by atoms with van der Waals surface area (Å²) in [5.41, 5.74) is 1.32. The van der Waals surface area contributed by atoms with E-state index in [9.17, 15) is 14.0 Å². The van der Waals surface area contributed by atoms with E-state index in [4.69, 9.17) is 16.3 Å². The van der Waals surface area contributed by atoms with Crippen molar-refractivity contribution in [1.29, 1.82) is 0 Å². The fourth-order valence-electron chi connectivity index (χ4n) is 3.16. The van der Waals surface area contributed by atoms with Crippen LogP contribution in [-0.4, -0.2) is 53.9 Å². The summed E-state index contributed by atoms with van der Waals surface area (Å²) in [6.07, 6.45) is -0.615. The second kappa shape index (κ2) is 8.61. The van der Waals surface area contributed by atoms with Gasteiger partial charge in [-0.2, -0.15) is 0 Å². The van der Waals surface area contributed by atoms with Gasteiger partial charge in [0.2, 0.25) is 0 Å². The van der Waals surface area contributed by atoms with E-state index in [-0.39, 0.29) is 22.4 Å². The smallest absolute Gasteiger partial charge is 0.263 e. The molecule has 1 atom stereocenters. The number of nitrogens with zero attached hydrogens (tertiary/aromatic N) is 2. The molecule has 2 aromatic carbocycles. The van der Waals surface area contributed by atoms with Gasteiger partial charge in [-0.3, -0.25) is 9.59 Å². The van der Waals surface area contributed by atoms with Gasteiger partial charge in [0.15, 0.2) is 6.10 Å². The lowest BCUT2D eigenvalue weighted by Crippen LogP contribution is -2.53. The molecule has 1 saturated heterocycles. The van der Waals surface area contributed by atoms with Crippen LogP contribution in [0.5, 0.6) is 5.75 Å². The number of ether oxygens (including phenoxy) is 1. The number of halogens is 2. The predicted molar refractivity (Wildman–Crippen MR) is 105 cm³/mol. The normalized spacial score (nSPS) is 15.3. The molecule has 2 amide bonds. The average Bonchev–Trinajstić information content (AvgIpc) is 2.67. The van der Waals surface area contributed by atoms with E-state index in [1.807, 2.05) is 31.2 Å². The quantitative estimate of drug-likeness (QED) is 0.783. The number of carbonyl (C=O) groups is 2. The lowest BCUT2D eigenvalue weighted by Gasteiger charge is -2.36. The van der Waals surface area contributed by atoms with Crippen molar-refractivity contribution in [3.05, 3.63) is 64.4 Å². The van der Waals surface area contributed by atoms with E-state index in [0.29, 0.717) is 31.9 Å². The Morgan fingerprint density at radius 2 is 1.75 bits per heavy atom. The molecular weight excluding hydrogens is 383 g/mol. The fourth-order valence-corrected chi connectivity index (χ4v) is 3.41. The molecule has 0 aromatic heterocycles. The van der Waals surface area contributed by atoms with Gasteiger partial charge in [-0.05, 0) is 49.7 Å². The average molecular weight is 405 g/mol. The molecule has 0 bridgehead atoms. The van der Waals surface area contributed by atoms with Gasteiger partial charge < -0.3 is 14.5 Å². The number of carbonyl (C=O) groups excluding carboxylic acids is 2. The Morgan fingerprint density at radius 3 is 2.39 bits per heavy atom. The van der Waals surface area contributed by atoms with Gasteiger partial charge in [0, 0.05) is 26.2 Å². The molecular formula is C21H22ClFN2O3. The third-order valence-electron chi connectivity index (χ3n) is 4.69. The Labute approximate surface area is 168 Å². The molecule has 1 fully saturated rings. The molecule has 1 aliphatic heterocycles. The van der Waals surface area contributed by atoms with Crippen molar-refractivity contribution < 1.29 is 18.7 Å². The van der Waals surface area contributed by atoms with E-state index < -0.39 is 11.9 Å². The highest BCUT2D eigenvalue weighted by Gasteiger charge is 2.29. The van der Waals surface area contributed by atoms with Crippen LogP contribution in [0.1, 0.15) is 22.8 Å². The molecule has 0 N–H and O–H groups in total. The minimum Gasteiger partial charge on any atom is -0.481 e. The highest BCUT2D eigenvalue weighted by Crippen LogP contribution is 2.20. The standard InChI is InChI=1S/C21H22ClFN2O3/c1-14-4-3-5-17(12-14)28-15(2)20(26)24-8-10-25(11-9-24)21(27)18-7-6-16(23)13-19(18)22/h3-7,12-13,15H,8-11H2,1-2H3. The van der Waals surface area contributed by atoms with Crippen molar-refractivity contribution in [2.24, 2.45) is 0 Å². The third kappa shape index (κ3) is 4.62. The van der Waals surface area contributed by atoms with Gasteiger partial charge in [-0.15, -0.1) is 0 Å². The Kier molecular flexibility index (Phi) is 6.19. The van der Waals surface area contributed by atoms with Gasteiger partial charge in [-0.1, -0.05) is 23.7 Å². The number of aryl methyl sites for hydroxylation is 1. The Balaban J connectivity index is 1.57. The lowest BCUT2D eigenvalue weighted by atomic mass is 10.1. The van der Waals surface area contributed by atoms with Crippen LogP contribution in [0.4, 0.5) is 4.39 Å². The highest BCUT2D eigenvalue weighted by atomic mass is 35.5. The first-order valence-electron chi connectivity index (χ1n) is 9.11. The van der Waals surface area contributed by atoms with E-state index in [1.54, 1.807) is 16.7 Å². The summed E-state index contributed by atoms with van der Waals surface area (Å²) in [5.74, 6) is -0.213. The minimum atomic E-state index is -0.615. The van der Waals surface area contributed by atoms with Gasteiger partial charge in [0.05, 0.1) is 10.6 Å². The van der Waals surface area contributed by atoms with Crippen molar-refractivity contribution in [1.82, 2.24) is 9.80 Å². The second-order valence-electron chi connectivity index (χ2n) is 6.82. The topological polar surface area (TPSA) is 49.9 Å². The predicted octanol–water partition coefficient (Wildman–Crippen LogP) is 3.54. The molecule has 7 heteroatoms. The number of piperazine rings is 1. The summed E-state index contributed by atoms with van der Waals surface area (Å²) >= 11 is 5.98. The first kappa shape index (κ1) is 20.1. The van der Waals surface area contributed by atoms with Crippen molar-refractivity contribution in [3.8, 4) is 5.75 Å². The molecule has 0 spiro atoms. The van der Waals surface area contributed by atoms with Crippen molar-refractivity contribution in [3.63, 3.8) is 0 Å². The maximum Gasteiger partial charge on any atom is 0.263 e. The van der Waals surface area contributed by atoms with Crippen LogP contribution in [-0.2, 0) is 4.79 Å². The molecule has 1 aliphatic rings. The molecule has 3 rings (SSSR count). The maximum atomic E-state index is 13.2. The fraction of sp³-hybridized carbons (Fsp3) is 0.333. The Morgan fingerprint density at radius 1 is 1.07 bits per heavy atom. The number of rotatable bonds is 4. The van der Waals surface area contributed by atoms with Crippen LogP contribution in [0, 0.1) is 12.7 Å². The third-order valence-corrected chi connectivity index (χ3v) is 5.00. The van der Waals surface area contributed by atoms with Crippen LogP contribution in [0.2, 0.25) is 5.02 Å². The summed E-state index contributed by atoms with van der Waals surface area (Å²) in [7, 11) is 0. The number of amides is 2. The number of hydrogen-bond acceptors (Lipinski definition) is 3. The first-order valence-corrected chi connectivity index (χ1v) is 9.49. The van der Waals surface area contributed by atoms with Crippen LogP contribution >= 0.6 is 11.6 Å². The molecule has 0 saturated carbocycles. The zero-order valence-corrected chi connectivity index (χ0v) is 16.6. The van der Waals surface area contributed by atoms with Crippen LogP contribution in [0.25, 0.3) is 0 Å². The summed E-state index contributed by atoms with van der Waals surface area (Å²) in [4.78, 5) is 28.6. The van der Waals surface area contributed by atoms with Gasteiger partial charge in [0.25, 0.3) is 11.8 Å². The summed E-state index contributed by atoms with van der Waals surface area (Å²) in [5, 5.41) is 0.0867. The molecule has 2 aromatic rings. The van der Waals surface area contributed by atoms with Gasteiger partial charge in [-0.25, -0.2) is 4.39 Å². The van der Waals surface area contributed by atoms with E-state index in [1.165, 1.54) is 12.1 Å². The van der Waals surface area contributed by atoms with E-state index in [2.05, 4.69) is 0 Å². The maximum absolute atomic E-state index is 13.2. The molecule has 0 aliphatic carbocycles. The Hall–Kier alpha value is -2.60. The SMILES string of the molecule is Cc1cccc(OC(C)C(=O)N2CCN(C(=O)c3ccc(F)cc3Cl)CC2)c1. The highest BCUT2D eigenvalue weighted by molar-refractivity contribution is 6.33. The van der Waals surface area contributed by atoms with Crippen LogP contribution < -0.4 is 4.74 Å². The summed E-state index contributed by atoms with van der Waals surface area (Å²) < 4.78 is 18.9. The first-order chi connectivity index (χ1) is 13.3. The molecule has 148 valence electrons. The minimum absolute atomic E-state index is 0.0867. The Bertz CT molecular complexity index is 882. The zero-order valence-electron chi connectivity index (χ0n) is 15.8. The molecule has 1 heterocycles. The molecule has 1 unspecified atom stereocenters.